The smallest absolute Gasteiger partial charge is 0.169 e. The molecule has 0 bridgehead atoms. The Kier molecular flexibility index (Phi) is 4.20. The summed E-state index contributed by atoms with van der Waals surface area (Å²) in [7, 11) is 3.57. The molecule has 0 aliphatic carbocycles. The predicted octanol–water partition coefficient (Wildman–Crippen LogP) is 1.30. The maximum Gasteiger partial charge on any atom is 0.169 e. The maximum absolute atomic E-state index is 13.8. The molecule has 0 radical (unpaired) electrons. The summed E-state index contributed by atoms with van der Waals surface area (Å²) >= 11 is 5.74. The number of hydrogen-bond acceptors (Lipinski definition) is 4. The Morgan fingerprint density at radius 3 is 2.62 bits per heavy atom. The Bertz CT molecular complexity index is 384. The number of nitrogen functional groups attached to an aromatic ring is 2. The number of benzene rings is 1. The molecule has 0 unspecified atom stereocenters. The van der Waals surface area contributed by atoms with Crippen molar-refractivity contribution in [2.24, 2.45) is 0 Å². The van der Waals surface area contributed by atoms with Crippen molar-refractivity contribution in [1.29, 1.82) is 0 Å². The molecular formula is C10H16ClFN4. The lowest BCUT2D eigenvalue weighted by Crippen LogP contribution is -2.28. The largest absolute Gasteiger partial charge is 0.397 e. The molecule has 0 aliphatic heterocycles. The zero-order valence-corrected chi connectivity index (χ0v) is 10.1. The normalized spacial score (nSPS) is 10.5. The molecular weight excluding hydrogens is 231 g/mol. The summed E-state index contributed by atoms with van der Waals surface area (Å²) in [5.41, 5.74) is 12.0. The van der Waals surface area contributed by atoms with E-state index in [1.54, 1.807) is 11.9 Å². The quantitative estimate of drug-likeness (QED) is 0.701. The van der Waals surface area contributed by atoms with E-state index in [2.05, 4.69) is 5.32 Å². The van der Waals surface area contributed by atoms with Crippen molar-refractivity contribution in [3.63, 3.8) is 0 Å². The molecule has 1 aromatic rings. The first-order valence-corrected chi connectivity index (χ1v) is 5.25. The lowest BCUT2D eigenvalue weighted by atomic mass is 10.2. The van der Waals surface area contributed by atoms with Gasteiger partial charge in [-0.05, 0) is 13.1 Å². The molecule has 0 aliphatic rings. The van der Waals surface area contributed by atoms with Crippen LogP contribution in [0, 0.1) is 5.82 Å². The second-order valence-corrected chi connectivity index (χ2v) is 3.93. The zero-order chi connectivity index (χ0) is 12.3. The van der Waals surface area contributed by atoms with E-state index < -0.39 is 5.82 Å². The fourth-order valence-corrected chi connectivity index (χ4v) is 1.58. The topological polar surface area (TPSA) is 67.3 Å². The Morgan fingerprint density at radius 1 is 1.44 bits per heavy atom. The van der Waals surface area contributed by atoms with Crippen molar-refractivity contribution in [2.75, 3.05) is 43.6 Å². The van der Waals surface area contributed by atoms with E-state index in [1.165, 1.54) is 6.07 Å². The van der Waals surface area contributed by atoms with E-state index in [0.717, 1.165) is 6.54 Å². The minimum Gasteiger partial charge on any atom is -0.397 e. The second kappa shape index (κ2) is 5.23. The van der Waals surface area contributed by atoms with Crippen molar-refractivity contribution in [2.45, 2.75) is 0 Å². The molecule has 5 N–H and O–H groups in total. The van der Waals surface area contributed by atoms with Gasteiger partial charge in [-0.3, -0.25) is 0 Å². The highest BCUT2D eigenvalue weighted by Gasteiger charge is 2.17. The standard InChI is InChI=1S/C10H16ClFN4/c1-15-3-4-16(2)10-7(14)5-6(13)8(11)9(10)12/h5,15H,3-4,13-14H2,1-2H3. The second-order valence-electron chi connectivity index (χ2n) is 3.56. The highest BCUT2D eigenvalue weighted by molar-refractivity contribution is 6.33. The number of nitrogens with zero attached hydrogens (tertiary/aromatic N) is 1. The van der Waals surface area contributed by atoms with Crippen LogP contribution in [0.1, 0.15) is 0 Å². The molecule has 0 amide bonds. The van der Waals surface area contributed by atoms with E-state index in [-0.39, 0.29) is 22.1 Å². The van der Waals surface area contributed by atoms with Crippen LogP contribution in [0.3, 0.4) is 0 Å². The summed E-state index contributed by atoms with van der Waals surface area (Å²) in [4.78, 5) is 1.70. The highest BCUT2D eigenvalue weighted by Crippen LogP contribution is 2.35. The number of nitrogens with one attached hydrogen (secondary N) is 1. The molecule has 1 aromatic carbocycles. The number of likely N-dealkylation sites (N-methyl/N-ethyl adjacent to an activating group) is 2. The van der Waals surface area contributed by atoms with E-state index in [1.807, 2.05) is 7.05 Å². The van der Waals surface area contributed by atoms with E-state index in [9.17, 15) is 4.39 Å². The Balaban J connectivity index is 3.08. The first-order valence-electron chi connectivity index (χ1n) is 4.87. The lowest BCUT2D eigenvalue weighted by Gasteiger charge is -2.22. The number of rotatable bonds is 4. The summed E-state index contributed by atoms with van der Waals surface area (Å²) in [5, 5.41) is 2.89. The molecule has 16 heavy (non-hydrogen) atoms. The van der Waals surface area contributed by atoms with E-state index in [4.69, 9.17) is 23.1 Å². The fourth-order valence-electron chi connectivity index (χ4n) is 1.44. The van der Waals surface area contributed by atoms with Crippen molar-refractivity contribution >= 4 is 28.7 Å². The third-order valence-electron chi connectivity index (χ3n) is 2.32. The van der Waals surface area contributed by atoms with E-state index >= 15 is 0 Å². The fraction of sp³-hybridized carbons (Fsp3) is 0.400. The van der Waals surface area contributed by atoms with Gasteiger partial charge in [0.25, 0.3) is 0 Å². The number of halogens is 2. The monoisotopic (exact) mass is 246 g/mol. The van der Waals surface area contributed by atoms with Crippen LogP contribution in [-0.4, -0.2) is 27.2 Å². The van der Waals surface area contributed by atoms with Crippen LogP contribution in [0.5, 0.6) is 0 Å². The van der Waals surface area contributed by atoms with Gasteiger partial charge in [-0.2, -0.15) is 0 Å². The Labute approximate surface area is 99.3 Å². The first-order chi connectivity index (χ1) is 7.49. The summed E-state index contributed by atoms with van der Waals surface area (Å²) in [6.07, 6.45) is 0. The number of nitrogens with two attached hydrogens (primary N) is 2. The summed E-state index contributed by atoms with van der Waals surface area (Å²) in [6, 6.07) is 1.47. The van der Waals surface area contributed by atoms with Gasteiger partial charge in [0, 0.05) is 20.1 Å². The van der Waals surface area contributed by atoms with Gasteiger partial charge >= 0.3 is 0 Å². The van der Waals surface area contributed by atoms with Gasteiger partial charge in [-0.25, -0.2) is 4.39 Å². The summed E-state index contributed by atoms with van der Waals surface area (Å²) in [6.45, 7) is 1.34. The average Bonchev–Trinajstić information content (AvgIpc) is 2.23. The zero-order valence-electron chi connectivity index (χ0n) is 9.35. The molecule has 0 saturated carbocycles. The summed E-state index contributed by atoms with van der Waals surface area (Å²) in [5.74, 6) is -0.572. The third-order valence-corrected chi connectivity index (χ3v) is 2.70. The summed E-state index contributed by atoms with van der Waals surface area (Å²) < 4.78 is 13.8. The van der Waals surface area contributed by atoms with Gasteiger partial charge in [0.1, 0.15) is 5.02 Å². The molecule has 0 aromatic heterocycles. The van der Waals surface area contributed by atoms with E-state index in [0.29, 0.717) is 6.54 Å². The molecule has 0 saturated heterocycles. The maximum atomic E-state index is 13.8. The molecule has 0 heterocycles. The van der Waals surface area contributed by atoms with Crippen molar-refractivity contribution in [1.82, 2.24) is 5.32 Å². The molecule has 0 fully saturated rings. The third kappa shape index (κ3) is 2.48. The first kappa shape index (κ1) is 12.9. The van der Waals surface area contributed by atoms with Crippen LogP contribution in [0.4, 0.5) is 21.5 Å². The SMILES string of the molecule is CNCCN(C)c1c(N)cc(N)c(Cl)c1F. The lowest BCUT2D eigenvalue weighted by molar-refractivity contribution is 0.622. The van der Waals surface area contributed by atoms with Gasteiger partial charge in [0.15, 0.2) is 5.82 Å². The van der Waals surface area contributed by atoms with Gasteiger partial charge in [0.05, 0.1) is 17.1 Å². The van der Waals surface area contributed by atoms with Crippen molar-refractivity contribution in [3.8, 4) is 0 Å². The minimum absolute atomic E-state index is 0.0829. The van der Waals surface area contributed by atoms with Crippen LogP contribution >= 0.6 is 11.6 Å². The van der Waals surface area contributed by atoms with Crippen LogP contribution in [0.25, 0.3) is 0 Å². The molecule has 0 spiro atoms. The van der Waals surface area contributed by atoms with Crippen LogP contribution in [-0.2, 0) is 0 Å². The Morgan fingerprint density at radius 2 is 2.06 bits per heavy atom. The molecule has 4 nitrogen and oxygen atoms in total. The molecule has 1 rings (SSSR count). The predicted molar refractivity (Wildman–Crippen MR) is 67.4 cm³/mol. The van der Waals surface area contributed by atoms with Gasteiger partial charge in [0.2, 0.25) is 0 Å². The van der Waals surface area contributed by atoms with Crippen molar-refractivity contribution < 1.29 is 4.39 Å². The number of anilines is 3. The molecule has 6 heteroatoms. The van der Waals surface area contributed by atoms with Crippen molar-refractivity contribution in [3.05, 3.63) is 16.9 Å². The average molecular weight is 247 g/mol. The highest BCUT2D eigenvalue weighted by atomic mass is 35.5. The molecule has 90 valence electrons. The van der Waals surface area contributed by atoms with Gasteiger partial charge in [-0.15, -0.1) is 0 Å². The minimum atomic E-state index is -0.572. The van der Waals surface area contributed by atoms with Crippen LogP contribution in [0.2, 0.25) is 5.02 Å². The van der Waals surface area contributed by atoms with Gasteiger partial charge < -0.3 is 21.7 Å². The number of hydrogen-bond donors (Lipinski definition) is 3. The van der Waals surface area contributed by atoms with Gasteiger partial charge in [-0.1, -0.05) is 11.6 Å². The molecule has 0 atom stereocenters. The Hall–Kier alpha value is -1.20. The van der Waals surface area contributed by atoms with Crippen LogP contribution in [0.15, 0.2) is 6.07 Å². The van der Waals surface area contributed by atoms with Crippen LogP contribution < -0.4 is 21.7 Å².